The smallest absolute Gasteiger partial charge is 0.339 e. The first-order valence-electron chi connectivity index (χ1n) is 7.88. The fourth-order valence-corrected chi connectivity index (χ4v) is 2.30. The largest absolute Gasteiger partial charge is 0.467 e. The third-order valence-electron chi connectivity index (χ3n) is 3.62. The molecule has 26 heavy (non-hydrogen) atoms. The first-order chi connectivity index (χ1) is 12.7. The maximum absolute atomic E-state index is 12.4. The standard InChI is InChI=1S/C19H17N3O4/c1-25-19(24)15-6-2-3-7-16(15)22-18(23)17-9-8-13(11-21-17)20-12-14-5-4-10-26-14/h2-11,20H,12H2,1H3,(H,22,23). The van der Waals surface area contributed by atoms with E-state index in [1.807, 2.05) is 12.1 Å². The lowest BCUT2D eigenvalue weighted by atomic mass is 10.1. The molecule has 0 fully saturated rings. The van der Waals surface area contributed by atoms with Gasteiger partial charge >= 0.3 is 5.97 Å². The summed E-state index contributed by atoms with van der Waals surface area (Å²) in [5.74, 6) is -0.142. The average molecular weight is 351 g/mol. The summed E-state index contributed by atoms with van der Waals surface area (Å²) >= 11 is 0. The lowest BCUT2D eigenvalue weighted by molar-refractivity contribution is 0.0602. The number of benzene rings is 1. The second kappa shape index (κ2) is 7.98. The van der Waals surface area contributed by atoms with Crippen molar-refractivity contribution in [1.29, 1.82) is 0 Å². The minimum atomic E-state index is -0.522. The third kappa shape index (κ3) is 4.07. The van der Waals surface area contributed by atoms with Gasteiger partial charge in [0.25, 0.3) is 5.91 Å². The van der Waals surface area contributed by atoms with Crippen molar-refractivity contribution in [3.05, 3.63) is 78.0 Å². The van der Waals surface area contributed by atoms with E-state index in [0.717, 1.165) is 11.4 Å². The van der Waals surface area contributed by atoms with E-state index in [9.17, 15) is 9.59 Å². The van der Waals surface area contributed by atoms with Gasteiger partial charge in [0, 0.05) is 0 Å². The topological polar surface area (TPSA) is 93.5 Å². The number of furan rings is 1. The summed E-state index contributed by atoms with van der Waals surface area (Å²) in [6.07, 6.45) is 3.17. The Balaban J connectivity index is 1.66. The highest BCUT2D eigenvalue weighted by atomic mass is 16.5. The molecule has 7 heteroatoms. The van der Waals surface area contributed by atoms with Crippen LogP contribution in [0, 0.1) is 0 Å². The highest BCUT2D eigenvalue weighted by Gasteiger charge is 2.14. The molecule has 1 aromatic carbocycles. The molecule has 2 N–H and O–H groups in total. The molecule has 1 amide bonds. The number of nitrogens with zero attached hydrogens (tertiary/aromatic N) is 1. The van der Waals surface area contributed by atoms with Gasteiger partial charge in [-0.05, 0) is 36.4 Å². The molecule has 0 bridgehead atoms. The second-order valence-electron chi connectivity index (χ2n) is 5.36. The Hall–Kier alpha value is -3.61. The maximum atomic E-state index is 12.4. The molecule has 0 saturated carbocycles. The number of ether oxygens (including phenoxy) is 1. The van der Waals surface area contributed by atoms with Crippen LogP contribution >= 0.6 is 0 Å². The van der Waals surface area contributed by atoms with Crippen LogP contribution in [0.25, 0.3) is 0 Å². The van der Waals surface area contributed by atoms with Crippen molar-refractivity contribution in [2.45, 2.75) is 6.54 Å². The number of esters is 1. The van der Waals surface area contributed by atoms with E-state index in [-0.39, 0.29) is 11.3 Å². The molecule has 0 spiro atoms. The summed E-state index contributed by atoms with van der Waals surface area (Å²) in [5, 5.41) is 5.82. The lowest BCUT2D eigenvalue weighted by Gasteiger charge is -2.10. The van der Waals surface area contributed by atoms with E-state index < -0.39 is 11.9 Å². The van der Waals surface area contributed by atoms with Gasteiger partial charge in [0.05, 0.1) is 43.1 Å². The minimum absolute atomic E-state index is 0.230. The summed E-state index contributed by atoms with van der Waals surface area (Å²) in [6.45, 7) is 0.521. The molecule has 3 aromatic rings. The van der Waals surface area contributed by atoms with Crippen LogP contribution in [0.5, 0.6) is 0 Å². The first kappa shape index (κ1) is 17.2. The number of nitrogens with one attached hydrogen (secondary N) is 2. The van der Waals surface area contributed by atoms with Gasteiger partial charge in [0.1, 0.15) is 11.5 Å². The van der Waals surface area contributed by atoms with Crippen LogP contribution in [0.15, 0.2) is 65.4 Å². The summed E-state index contributed by atoms with van der Waals surface area (Å²) in [6, 6.07) is 13.6. The Morgan fingerprint density at radius 1 is 1.12 bits per heavy atom. The van der Waals surface area contributed by atoms with Gasteiger partial charge in [-0.1, -0.05) is 12.1 Å². The lowest BCUT2D eigenvalue weighted by Crippen LogP contribution is -2.16. The number of anilines is 2. The summed E-state index contributed by atoms with van der Waals surface area (Å²) < 4.78 is 9.95. The Morgan fingerprint density at radius 3 is 2.65 bits per heavy atom. The Morgan fingerprint density at radius 2 is 1.96 bits per heavy atom. The second-order valence-corrected chi connectivity index (χ2v) is 5.36. The van der Waals surface area contributed by atoms with Crippen molar-refractivity contribution >= 4 is 23.3 Å². The third-order valence-corrected chi connectivity index (χ3v) is 3.62. The molecule has 3 rings (SSSR count). The van der Waals surface area contributed by atoms with Gasteiger partial charge in [-0.15, -0.1) is 0 Å². The molecule has 0 radical (unpaired) electrons. The van der Waals surface area contributed by atoms with Crippen molar-refractivity contribution in [3.8, 4) is 0 Å². The zero-order chi connectivity index (χ0) is 18.4. The predicted molar refractivity (Wildman–Crippen MR) is 96.0 cm³/mol. The Bertz CT molecular complexity index is 889. The van der Waals surface area contributed by atoms with E-state index in [1.54, 1.807) is 48.9 Å². The minimum Gasteiger partial charge on any atom is -0.467 e. The monoisotopic (exact) mass is 351 g/mol. The van der Waals surface area contributed by atoms with Crippen LogP contribution in [-0.4, -0.2) is 24.0 Å². The molecule has 0 aliphatic heterocycles. The van der Waals surface area contributed by atoms with Crippen molar-refractivity contribution in [1.82, 2.24) is 4.98 Å². The van der Waals surface area contributed by atoms with Gasteiger partial charge in [0.15, 0.2) is 0 Å². The Labute approximate surface area is 150 Å². The number of pyridine rings is 1. The van der Waals surface area contributed by atoms with Crippen molar-refractivity contribution < 1.29 is 18.7 Å². The Kier molecular flexibility index (Phi) is 5.28. The van der Waals surface area contributed by atoms with Gasteiger partial charge < -0.3 is 19.8 Å². The predicted octanol–water partition coefficient (Wildman–Crippen LogP) is 3.33. The fraction of sp³-hybridized carbons (Fsp3) is 0.105. The highest BCUT2D eigenvalue weighted by Crippen LogP contribution is 2.17. The molecule has 2 heterocycles. The van der Waals surface area contributed by atoms with E-state index >= 15 is 0 Å². The molecule has 132 valence electrons. The average Bonchev–Trinajstić information content (AvgIpc) is 3.20. The van der Waals surface area contributed by atoms with Crippen LogP contribution in [0.2, 0.25) is 0 Å². The number of carbonyl (C=O) groups is 2. The number of rotatable bonds is 6. The van der Waals surface area contributed by atoms with Crippen molar-refractivity contribution in [2.75, 3.05) is 17.7 Å². The molecule has 0 aliphatic rings. The maximum Gasteiger partial charge on any atom is 0.339 e. The van der Waals surface area contributed by atoms with Crippen LogP contribution in [-0.2, 0) is 11.3 Å². The SMILES string of the molecule is COC(=O)c1ccccc1NC(=O)c1ccc(NCc2ccco2)cn1. The van der Waals surface area contributed by atoms with Gasteiger partial charge in [0.2, 0.25) is 0 Å². The van der Waals surface area contributed by atoms with Crippen LogP contribution < -0.4 is 10.6 Å². The molecular formula is C19H17N3O4. The van der Waals surface area contributed by atoms with Gasteiger partial charge in [-0.25, -0.2) is 9.78 Å². The summed E-state index contributed by atoms with van der Waals surface area (Å²) in [4.78, 5) is 28.3. The zero-order valence-electron chi connectivity index (χ0n) is 14.1. The zero-order valence-corrected chi connectivity index (χ0v) is 14.1. The molecule has 0 unspecified atom stereocenters. The molecule has 0 saturated heterocycles. The van der Waals surface area contributed by atoms with Gasteiger partial charge in [-0.3, -0.25) is 4.79 Å². The van der Waals surface area contributed by atoms with E-state index in [0.29, 0.717) is 12.2 Å². The van der Waals surface area contributed by atoms with Gasteiger partial charge in [-0.2, -0.15) is 0 Å². The highest BCUT2D eigenvalue weighted by molar-refractivity contribution is 6.07. The van der Waals surface area contributed by atoms with Crippen LogP contribution in [0.4, 0.5) is 11.4 Å². The molecule has 2 aromatic heterocycles. The normalized spacial score (nSPS) is 10.2. The van der Waals surface area contributed by atoms with Crippen LogP contribution in [0.1, 0.15) is 26.6 Å². The molecular weight excluding hydrogens is 334 g/mol. The first-order valence-corrected chi connectivity index (χ1v) is 7.88. The molecule has 7 nitrogen and oxygen atoms in total. The van der Waals surface area contributed by atoms with Crippen molar-refractivity contribution in [2.24, 2.45) is 0 Å². The number of methoxy groups -OCH3 is 1. The van der Waals surface area contributed by atoms with Crippen molar-refractivity contribution in [3.63, 3.8) is 0 Å². The number of amides is 1. The van der Waals surface area contributed by atoms with E-state index in [2.05, 4.69) is 15.6 Å². The van der Waals surface area contributed by atoms with E-state index in [1.165, 1.54) is 7.11 Å². The van der Waals surface area contributed by atoms with E-state index in [4.69, 9.17) is 9.15 Å². The number of carbonyl (C=O) groups excluding carboxylic acids is 2. The number of aromatic nitrogens is 1. The summed E-state index contributed by atoms with van der Waals surface area (Å²) in [5.41, 5.74) is 1.63. The fourth-order valence-electron chi connectivity index (χ4n) is 2.30. The number of hydrogen-bond donors (Lipinski definition) is 2. The number of hydrogen-bond acceptors (Lipinski definition) is 6. The summed E-state index contributed by atoms with van der Waals surface area (Å²) in [7, 11) is 1.29. The molecule has 0 aliphatic carbocycles. The number of para-hydroxylation sites is 1. The molecule has 0 atom stereocenters. The van der Waals surface area contributed by atoms with Crippen LogP contribution in [0.3, 0.4) is 0 Å². The quantitative estimate of drug-likeness (QED) is 0.662.